The molecule has 0 spiro atoms. The van der Waals surface area contributed by atoms with Crippen molar-refractivity contribution in [1.82, 2.24) is 15.4 Å². The number of piperidine rings is 1. The molecule has 0 radical (unpaired) electrons. The Morgan fingerprint density at radius 2 is 2.08 bits per heavy atom. The monoisotopic (exact) mass is 354 g/mol. The van der Waals surface area contributed by atoms with Crippen molar-refractivity contribution >= 4 is 16.8 Å². The van der Waals surface area contributed by atoms with Crippen LogP contribution in [0.25, 0.3) is 11.0 Å². The van der Waals surface area contributed by atoms with Gasteiger partial charge in [-0.2, -0.15) is 10.3 Å². The first-order valence-corrected chi connectivity index (χ1v) is 8.98. The summed E-state index contributed by atoms with van der Waals surface area (Å²) in [5, 5.41) is 11.3. The maximum atomic E-state index is 11.5. The molecule has 1 aliphatic rings. The highest BCUT2D eigenvalue weighted by Gasteiger charge is 2.20. The molecule has 136 valence electrons. The number of hydrogen-bond acceptors (Lipinski definition) is 6. The molecule has 7 heteroatoms. The molecule has 0 saturated carbocycles. The van der Waals surface area contributed by atoms with Gasteiger partial charge in [-0.3, -0.25) is 4.79 Å². The van der Waals surface area contributed by atoms with Gasteiger partial charge >= 0.3 is 0 Å². The van der Waals surface area contributed by atoms with Crippen molar-refractivity contribution in [3.8, 4) is 5.75 Å². The molecule has 2 aromatic heterocycles. The normalized spacial score (nSPS) is 15.5. The smallest absolute Gasteiger partial charge is 0.287 e. The van der Waals surface area contributed by atoms with Gasteiger partial charge < -0.3 is 14.2 Å². The van der Waals surface area contributed by atoms with Crippen LogP contribution in [-0.4, -0.2) is 35.1 Å². The van der Waals surface area contributed by atoms with Gasteiger partial charge in [0.15, 0.2) is 11.4 Å². The molecule has 0 unspecified atom stereocenters. The fraction of sp³-hybridized carbons (Fsp3) is 0.421. The van der Waals surface area contributed by atoms with E-state index in [9.17, 15) is 4.79 Å². The quantitative estimate of drug-likeness (QED) is 0.758. The fourth-order valence-electron chi connectivity index (χ4n) is 3.38. The number of hydrogen-bond donors (Lipinski definition) is 1. The van der Waals surface area contributed by atoms with Gasteiger partial charge in [0, 0.05) is 19.2 Å². The first-order chi connectivity index (χ1) is 12.7. The van der Waals surface area contributed by atoms with Gasteiger partial charge in [0.2, 0.25) is 0 Å². The second-order valence-electron chi connectivity index (χ2n) is 6.79. The van der Waals surface area contributed by atoms with Crippen molar-refractivity contribution in [3.63, 3.8) is 0 Å². The minimum absolute atomic E-state index is 0.212. The lowest BCUT2D eigenvalue weighted by Gasteiger charge is -2.32. The first kappa shape index (κ1) is 16.6. The van der Waals surface area contributed by atoms with Crippen LogP contribution in [0.4, 0.5) is 5.82 Å². The molecule has 0 bridgehead atoms. The summed E-state index contributed by atoms with van der Waals surface area (Å²) in [5.74, 6) is 2.35. The fourth-order valence-corrected chi connectivity index (χ4v) is 3.38. The van der Waals surface area contributed by atoms with Crippen LogP contribution in [0, 0.1) is 12.8 Å². The number of H-pyrrole nitrogens is 1. The highest BCUT2D eigenvalue weighted by molar-refractivity contribution is 5.77. The Kier molecular flexibility index (Phi) is 4.60. The van der Waals surface area contributed by atoms with Crippen molar-refractivity contribution in [2.45, 2.75) is 26.2 Å². The number of aryl methyl sites for hydroxylation is 1. The summed E-state index contributed by atoms with van der Waals surface area (Å²) in [6.45, 7) is 4.62. The SMILES string of the molecule is Cc1ccc(N2CCC(CCOc3ccc4c(=O)[nH]oc4c3)CC2)nn1. The van der Waals surface area contributed by atoms with E-state index in [4.69, 9.17) is 9.26 Å². The van der Waals surface area contributed by atoms with Gasteiger partial charge in [0.25, 0.3) is 5.56 Å². The molecule has 3 heterocycles. The summed E-state index contributed by atoms with van der Waals surface area (Å²) in [4.78, 5) is 13.8. The van der Waals surface area contributed by atoms with E-state index < -0.39 is 0 Å². The van der Waals surface area contributed by atoms with E-state index >= 15 is 0 Å². The van der Waals surface area contributed by atoms with Crippen LogP contribution < -0.4 is 15.2 Å². The van der Waals surface area contributed by atoms with E-state index in [-0.39, 0.29) is 5.56 Å². The maximum absolute atomic E-state index is 11.5. The topological polar surface area (TPSA) is 84.2 Å². The van der Waals surface area contributed by atoms with Crippen molar-refractivity contribution in [2.75, 3.05) is 24.6 Å². The van der Waals surface area contributed by atoms with Crippen molar-refractivity contribution in [1.29, 1.82) is 0 Å². The molecule has 4 rings (SSSR count). The summed E-state index contributed by atoms with van der Waals surface area (Å²) in [6, 6.07) is 9.35. The average molecular weight is 354 g/mol. The van der Waals surface area contributed by atoms with E-state index in [0.29, 0.717) is 23.5 Å². The highest BCUT2D eigenvalue weighted by Crippen LogP contribution is 2.24. The summed E-state index contributed by atoms with van der Waals surface area (Å²) < 4.78 is 11.0. The van der Waals surface area contributed by atoms with E-state index in [1.165, 1.54) is 0 Å². The molecule has 1 N–H and O–H groups in total. The van der Waals surface area contributed by atoms with Crippen LogP contribution in [0.15, 0.2) is 39.6 Å². The molecule has 1 aromatic carbocycles. The van der Waals surface area contributed by atoms with E-state index in [1.807, 2.05) is 25.1 Å². The summed E-state index contributed by atoms with van der Waals surface area (Å²) >= 11 is 0. The second-order valence-corrected chi connectivity index (χ2v) is 6.79. The Labute approximate surface area is 150 Å². The second kappa shape index (κ2) is 7.19. The van der Waals surface area contributed by atoms with Crippen molar-refractivity contribution in [2.24, 2.45) is 5.92 Å². The van der Waals surface area contributed by atoms with Crippen molar-refractivity contribution < 1.29 is 9.26 Å². The van der Waals surface area contributed by atoms with E-state index in [2.05, 4.69) is 20.3 Å². The van der Waals surface area contributed by atoms with Crippen molar-refractivity contribution in [3.05, 3.63) is 46.4 Å². The molecule has 7 nitrogen and oxygen atoms in total. The third-order valence-electron chi connectivity index (χ3n) is 4.97. The molecular formula is C19H22N4O3. The minimum Gasteiger partial charge on any atom is -0.493 e. The van der Waals surface area contributed by atoms with Crippen LogP contribution >= 0.6 is 0 Å². The number of rotatable bonds is 5. The molecule has 0 amide bonds. The van der Waals surface area contributed by atoms with E-state index in [0.717, 1.165) is 49.6 Å². The highest BCUT2D eigenvalue weighted by atomic mass is 16.5. The first-order valence-electron chi connectivity index (χ1n) is 8.98. The number of aromatic amines is 1. The van der Waals surface area contributed by atoms with Gasteiger partial charge in [-0.1, -0.05) is 0 Å². The molecule has 1 aliphatic heterocycles. The largest absolute Gasteiger partial charge is 0.493 e. The predicted octanol–water partition coefficient (Wildman–Crippen LogP) is 2.91. The lowest BCUT2D eigenvalue weighted by atomic mass is 9.94. The number of benzene rings is 1. The summed E-state index contributed by atoms with van der Waals surface area (Å²) in [7, 11) is 0. The van der Waals surface area contributed by atoms with Gasteiger partial charge in [-0.25, -0.2) is 0 Å². The molecule has 0 aliphatic carbocycles. The zero-order valence-corrected chi connectivity index (χ0v) is 14.8. The Balaban J connectivity index is 1.25. The maximum Gasteiger partial charge on any atom is 0.287 e. The molecule has 26 heavy (non-hydrogen) atoms. The lowest BCUT2D eigenvalue weighted by Crippen LogP contribution is -2.34. The zero-order valence-electron chi connectivity index (χ0n) is 14.8. The summed E-state index contributed by atoms with van der Waals surface area (Å²) in [6.07, 6.45) is 3.28. The Morgan fingerprint density at radius 1 is 1.23 bits per heavy atom. The van der Waals surface area contributed by atoms with Gasteiger partial charge in [0.05, 0.1) is 17.7 Å². The van der Waals surface area contributed by atoms with Gasteiger partial charge in [-0.15, -0.1) is 5.10 Å². The Hall–Kier alpha value is -2.83. The number of aromatic nitrogens is 3. The van der Waals surface area contributed by atoms with Crippen LogP contribution in [0.5, 0.6) is 5.75 Å². The number of nitrogens with zero attached hydrogens (tertiary/aromatic N) is 3. The average Bonchev–Trinajstić information content (AvgIpc) is 3.03. The van der Waals surface area contributed by atoms with Gasteiger partial charge in [0.1, 0.15) is 5.75 Å². The van der Waals surface area contributed by atoms with Crippen LogP contribution in [0.2, 0.25) is 0 Å². The molecule has 3 aromatic rings. The predicted molar refractivity (Wildman–Crippen MR) is 98.7 cm³/mol. The number of nitrogens with one attached hydrogen (secondary N) is 1. The number of ether oxygens (including phenoxy) is 1. The lowest BCUT2D eigenvalue weighted by molar-refractivity contribution is 0.258. The molecular weight excluding hydrogens is 332 g/mol. The van der Waals surface area contributed by atoms with Gasteiger partial charge in [-0.05, 0) is 56.4 Å². The Bertz CT molecular complexity index is 924. The third-order valence-corrected chi connectivity index (χ3v) is 4.97. The van der Waals surface area contributed by atoms with Crippen LogP contribution in [-0.2, 0) is 0 Å². The Morgan fingerprint density at radius 3 is 2.85 bits per heavy atom. The summed E-state index contributed by atoms with van der Waals surface area (Å²) in [5.41, 5.74) is 1.26. The molecule has 0 atom stereocenters. The zero-order chi connectivity index (χ0) is 17.9. The molecule has 1 fully saturated rings. The molecule has 1 saturated heterocycles. The van der Waals surface area contributed by atoms with Crippen LogP contribution in [0.1, 0.15) is 25.0 Å². The van der Waals surface area contributed by atoms with E-state index in [1.54, 1.807) is 12.1 Å². The number of anilines is 1. The third kappa shape index (κ3) is 3.56. The van der Waals surface area contributed by atoms with Crippen LogP contribution in [0.3, 0.4) is 0 Å². The minimum atomic E-state index is -0.212. The standard InChI is InChI=1S/C19H22N4O3/c1-13-2-5-18(21-20-13)23-9-6-14(7-10-23)8-11-25-15-3-4-16-17(12-15)26-22-19(16)24/h2-5,12,14H,6-11H2,1H3,(H,22,24). The number of fused-ring (bicyclic) bond motifs is 1.